The first kappa shape index (κ1) is 17.6. The first-order valence-electron chi connectivity index (χ1n) is 9.79. The van der Waals surface area contributed by atoms with Crippen LogP contribution in [0.25, 0.3) is 10.2 Å². The lowest BCUT2D eigenvalue weighted by atomic mass is 9.91. The first-order chi connectivity index (χ1) is 12.7. The van der Waals surface area contributed by atoms with Crippen molar-refractivity contribution in [3.05, 3.63) is 18.2 Å². The van der Waals surface area contributed by atoms with Crippen molar-refractivity contribution >= 4 is 32.6 Å². The van der Waals surface area contributed by atoms with E-state index in [0.717, 1.165) is 55.2 Å². The van der Waals surface area contributed by atoms with E-state index in [4.69, 9.17) is 9.72 Å². The molecular weight excluding hydrogens is 346 g/mol. The van der Waals surface area contributed by atoms with Crippen LogP contribution in [0.3, 0.4) is 0 Å². The molecule has 5 nitrogen and oxygen atoms in total. The lowest BCUT2D eigenvalue weighted by Gasteiger charge is -2.32. The average molecular weight is 374 g/mol. The summed E-state index contributed by atoms with van der Waals surface area (Å²) in [5, 5.41) is 4.24. The number of hydrogen-bond donors (Lipinski definition) is 1. The topological polar surface area (TPSA) is 54.5 Å². The molecule has 2 heterocycles. The number of carbonyl (C=O) groups excluding carboxylic acids is 1. The van der Waals surface area contributed by atoms with Crippen LogP contribution in [0, 0.1) is 5.92 Å². The molecule has 4 rings (SSSR count). The van der Waals surface area contributed by atoms with E-state index in [0.29, 0.717) is 25.0 Å². The maximum atomic E-state index is 12.1. The summed E-state index contributed by atoms with van der Waals surface area (Å²) >= 11 is 1.73. The van der Waals surface area contributed by atoms with Crippen molar-refractivity contribution in [2.45, 2.75) is 51.5 Å². The second kappa shape index (κ2) is 7.82. The van der Waals surface area contributed by atoms with E-state index >= 15 is 0 Å². The molecule has 1 aromatic carbocycles. The number of anilines is 1. The molecule has 0 radical (unpaired) electrons. The van der Waals surface area contributed by atoms with E-state index < -0.39 is 0 Å². The zero-order chi connectivity index (χ0) is 17.9. The standard InChI is InChI=1S/C20H27N3O2S/c1-2-25-16-7-4-8-17-19(16)22-20(26-17)23-11-9-14(10-12-23)13-18(24)21-15-5-3-6-15/h4,7-8,14-15H,2-3,5-6,9-13H2,1H3,(H,21,24). The fourth-order valence-corrected chi connectivity index (χ4v) is 4.78. The Balaban J connectivity index is 1.34. The largest absolute Gasteiger partial charge is 0.492 e. The van der Waals surface area contributed by atoms with Crippen LogP contribution in [0.15, 0.2) is 18.2 Å². The number of benzene rings is 1. The van der Waals surface area contributed by atoms with Gasteiger partial charge in [0.05, 0.1) is 11.3 Å². The Hall–Kier alpha value is -1.82. The number of fused-ring (bicyclic) bond motifs is 1. The fraction of sp³-hybridized carbons (Fsp3) is 0.600. The van der Waals surface area contributed by atoms with Gasteiger partial charge in [-0.15, -0.1) is 0 Å². The summed E-state index contributed by atoms with van der Waals surface area (Å²) in [5.41, 5.74) is 0.969. The van der Waals surface area contributed by atoms with Gasteiger partial charge in [0.2, 0.25) is 5.91 Å². The molecule has 1 aromatic heterocycles. The van der Waals surface area contributed by atoms with Gasteiger partial charge in [0.1, 0.15) is 11.3 Å². The Labute approximate surface area is 158 Å². The van der Waals surface area contributed by atoms with Gasteiger partial charge in [-0.25, -0.2) is 4.98 Å². The fourth-order valence-electron chi connectivity index (χ4n) is 3.75. The van der Waals surface area contributed by atoms with Crippen LogP contribution in [0.5, 0.6) is 5.75 Å². The van der Waals surface area contributed by atoms with Crippen LogP contribution in [0.2, 0.25) is 0 Å². The van der Waals surface area contributed by atoms with Gasteiger partial charge in [-0.2, -0.15) is 0 Å². The summed E-state index contributed by atoms with van der Waals surface area (Å²) in [5.74, 6) is 1.62. The van der Waals surface area contributed by atoms with Gasteiger partial charge in [0, 0.05) is 25.6 Å². The van der Waals surface area contributed by atoms with Gasteiger partial charge in [0.25, 0.3) is 0 Å². The molecule has 1 amide bonds. The third-order valence-electron chi connectivity index (χ3n) is 5.50. The molecule has 2 aromatic rings. The van der Waals surface area contributed by atoms with E-state index in [1.54, 1.807) is 11.3 Å². The van der Waals surface area contributed by atoms with Crippen LogP contribution in [0.4, 0.5) is 5.13 Å². The summed E-state index contributed by atoms with van der Waals surface area (Å²) in [4.78, 5) is 19.3. The zero-order valence-corrected chi connectivity index (χ0v) is 16.2. The van der Waals surface area contributed by atoms with E-state index in [1.165, 1.54) is 11.1 Å². The van der Waals surface area contributed by atoms with Crippen molar-refractivity contribution in [3.63, 3.8) is 0 Å². The number of aromatic nitrogens is 1. The lowest BCUT2D eigenvalue weighted by molar-refractivity contribution is -0.123. The Morgan fingerprint density at radius 3 is 2.81 bits per heavy atom. The molecule has 0 atom stereocenters. The number of para-hydroxylation sites is 1. The van der Waals surface area contributed by atoms with E-state index in [9.17, 15) is 4.79 Å². The predicted molar refractivity (Wildman–Crippen MR) is 106 cm³/mol. The molecule has 26 heavy (non-hydrogen) atoms. The summed E-state index contributed by atoms with van der Waals surface area (Å²) in [6.45, 7) is 4.61. The second-order valence-electron chi connectivity index (χ2n) is 7.36. The zero-order valence-electron chi connectivity index (χ0n) is 15.4. The SMILES string of the molecule is CCOc1cccc2sc(N3CCC(CC(=O)NC4CCC4)CC3)nc12. The highest BCUT2D eigenvalue weighted by atomic mass is 32.1. The molecule has 1 saturated carbocycles. The van der Waals surface area contributed by atoms with Crippen LogP contribution >= 0.6 is 11.3 Å². The predicted octanol–water partition coefficient (Wildman–Crippen LogP) is 3.97. The van der Waals surface area contributed by atoms with Gasteiger partial charge in [-0.05, 0) is 57.1 Å². The summed E-state index contributed by atoms with van der Waals surface area (Å²) in [7, 11) is 0. The van der Waals surface area contributed by atoms with Crippen LogP contribution < -0.4 is 15.0 Å². The maximum absolute atomic E-state index is 12.1. The number of amides is 1. The Bertz CT molecular complexity index is 764. The molecule has 140 valence electrons. The summed E-state index contributed by atoms with van der Waals surface area (Å²) in [6.07, 6.45) is 6.38. The van der Waals surface area contributed by atoms with Crippen molar-refractivity contribution in [1.29, 1.82) is 0 Å². The molecule has 2 fully saturated rings. The summed E-state index contributed by atoms with van der Waals surface area (Å²) < 4.78 is 6.88. The van der Waals surface area contributed by atoms with Crippen molar-refractivity contribution in [1.82, 2.24) is 10.3 Å². The minimum Gasteiger partial charge on any atom is -0.492 e. The van der Waals surface area contributed by atoms with Gasteiger partial charge >= 0.3 is 0 Å². The van der Waals surface area contributed by atoms with Gasteiger partial charge in [0.15, 0.2) is 5.13 Å². The number of hydrogen-bond acceptors (Lipinski definition) is 5. The molecule has 6 heteroatoms. The number of piperidine rings is 1. The minimum absolute atomic E-state index is 0.245. The van der Waals surface area contributed by atoms with Gasteiger partial charge in [-0.3, -0.25) is 4.79 Å². The lowest BCUT2D eigenvalue weighted by Crippen LogP contribution is -2.41. The van der Waals surface area contributed by atoms with Crippen LogP contribution in [0.1, 0.15) is 45.4 Å². The smallest absolute Gasteiger partial charge is 0.220 e. The Morgan fingerprint density at radius 1 is 1.31 bits per heavy atom. The molecule has 0 unspecified atom stereocenters. The van der Waals surface area contributed by atoms with Crippen molar-refractivity contribution in [3.8, 4) is 5.75 Å². The van der Waals surface area contributed by atoms with Crippen LogP contribution in [-0.4, -0.2) is 36.6 Å². The van der Waals surface area contributed by atoms with E-state index in [1.807, 2.05) is 19.1 Å². The van der Waals surface area contributed by atoms with Crippen molar-refractivity contribution < 1.29 is 9.53 Å². The van der Waals surface area contributed by atoms with Crippen molar-refractivity contribution in [2.75, 3.05) is 24.6 Å². The van der Waals surface area contributed by atoms with E-state index in [-0.39, 0.29) is 5.91 Å². The third-order valence-corrected chi connectivity index (χ3v) is 6.58. The Kier molecular flexibility index (Phi) is 5.29. The van der Waals surface area contributed by atoms with E-state index in [2.05, 4.69) is 16.3 Å². The Morgan fingerprint density at radius 2 is 2.12 bits per heavy atom. The van der Waals surface area contributed by atoms with Gasteiger partial charge < -0.3 is 15.0 Å². The molecule has 0 spiro atoms. The molecule has 1 N–H and O–H groups in total. The number of ether oxygens (including phenoxy) is 1. The number of nitrogens with zero attached hydrogens (tertiary/aromatic N) is 2. The van der Waals surface area contributed by atoms with Gasteiger partial charge in [-0.1, -0.05) is 17.4 Å². The molecular formula is C20H27N3O2S. The molecule has 1 aliphatic heterocycles. The summed E-state index contributed by atoms with van der Waals surface area (Å²) in [6, 6.07) is 6.58. The highest BCUT2D eigenvalue weighted by Crippen LogP contribution is 2.36. The van der Waals surface area contributed by atoms with Crippen molar-refractivity contribution in [2.24, 2.45) is 5.92 Å². The average Bonchev–Trinajstić information content (AvgIpc) is 3.04. The quantitative estimate of drug-likeness (QED) is 0.832. The highest BCUT2D eigenvalue weighted by molar-refractivity contribution is 7.22. The highest BCUT2D eigenvalue weighted by Gasteiger charge is 2.25. The first-order valence-corrected chi connectivity index (χ1v) is 10.6. The number of thiazole rings is 1. The molecule has 2 aliphatic rings. The minimum atomic E-state index is 0.245. The molecule has 0 bridgehead atoms. The monoisotopic (exact) mass is 373 g/mol. The molecule has 1 saturated heterocycles. The normalized spacial score (nSPS) is 18.7. The molecule has 1 aliphatic carbocycles. The number of nitrogens with one attached hydrogen (secondary N) is 1. The maximum Gasteiger partial charge on any atom is 0.220 e. The van der Waals surface area contributed by atoms with Crippen LogP contribution in [-0.2, 0) is 4.79 Å². The number of carbonyl (C=O) groups is 1. The second-order valence-corrected chi connectivity index (χ2v) is 8.37. The number of rotatable bonds is 6. The third kappa shape index (κ3) is 3.80.